The quantitative estimate of drug-likeness (QED) is 0.696. The summed E-state index contributed by atoms with van der Waals surface area (Å²) >= 11 is 12.2. The summed E-state index contributed by atoms with van der Waals surface area (Å²) in [5.41, 5.74) is -0.330. The summed E-state index contributed by atoms with van der Waals surface area (Å²) in [6, 6.07) is 6.83. The molecule has 1 saturated heterocycles. The molecule has 3 rings (SSSR count). The van der Waals surface area contributed by atoms with Crippen molar-refractivity contribution in [1.82, 2.24) is 20.4 Å². The molecule has 1 aromatic heterocycles. The highest BCUT2D eigenvalue weighted by molar-refractivity contribution is 6.36. The second-order valence-electron chi connectivity index (χ2n) is 6.09. The molecular weight excluding hydrogens is 399 g/mol. The van der Waals surface area contributed by atoms with Gasteiger partial charge in [0.15, 0.2) is 0 Å². The minimum absolute atomic E-state index is 0. The van der Waals surface area contributed by atoms with E-state index in [0.29, 0.717) is 28.5 Å². The maximum Gasteiger partial charge on any atom is 0.248 e. The van der Waals surface area contributed by atoms with Crippen molar-refractivity contribution in [1.29, 1.82) is 0 Å². The number of nitrogens with one attached hydrogen (secondary N) is 2. The largest absolute Gasteiger partial charge is 0.386 e. The molecular formula is C17H21Cl3N4O2. The fourth-order valence-corrected chi connectivity index (χ4v) is 3.86. The first-order chi connectivity index (χ1) is 12.0. The topological polar surface area (TPSA) is 79.2 Å². The van der Waals surface area contributed by atoms with Crippen LogP contribution in [0.25, 0.3) is 0 Å². The third kappa shape index (κ3) is 4.15. The van der Waals surface area contributed by atoms with Gasteiger partial charge in [0, 0.05) is 34.5 Å². The number of benzene rings is 1. The van der Waals surface area contributed by atoms with Gasteiger partial charge in [0.2, 0.25) is 5.91 Å². The predicted octanol–water partition coefficient (Wildman–Crippen LogP) is 2.54. The second-order valence-corrected chi connectivity index (χ2v) is 6.91. The Morgan fingerprint density at radius 3 is 2.54 bits per heavy atom. The number of hydrogen-bond donors (Lipinski definition) is 3. The predicted molar refractivity (Wildman–Crippen MR) is 104 cm³/mol. The number of halogens is 3. The number of hydrogen-bond acceptors (Lipinski definition) is 4. The summed E-state index contributed by atoms with van der Waals surface area (Å²) in [6.07, 6.45) is 3.73. The number of piperidine rings is 1. The van der Waals surface area contributed by atoms with Gasteiger partial charge in [-0.3, -0.25) is 9.48 Å². The van der Waals surface area contributed by atoms with Gasteiger partial charge in [-0.05, 0) is 44.1 Å². The van der Waals surface area contributed by atoms with Crippen molar-refractivity contribution in [2.45, 2.75) is 24.5 Å². The molecule has 26 heavy (non-hydrogen) atoms. The number of nitrogens with zero attached hydrogens (tertiary/aromatic N) is 2. The Bertz CT molecular complexity index is 713. The molecule has 0 spiro atoms. The van der Waals surface area contributed by atoms with E-state index in [4.69, 9.17) is 23.2 Å². The monoisotopic (exact) mass is 418 g/mol. The highest BCUT2D eigenvalue weighted by atomic mass is 35.5. The van der Waals surface area contributed by atoms with E-state index in [2.05, 4.69) is 15.7 Å². The molecule has 0 aliphatic carbocycles. The Morgan fingerprint density at radius 1 is 1.31 bits per heavy atom. The van der Waals surface area contributed by atoms with Crippen molar-refractivity contribution < 1.29 is 9.90 Å². The number of amides is 1. The number of aliphatic hydroxyl groups is 1. The van der Waals surface area contributed by atoms with Gasteiger partial charge in [0.05, 0.1) is 6.10 Å². The highest BCUT2D eigenvalue weighted by Crippen LogP contribution is 2.31. The van der Waals surface area contributed by atoms with Gasteiger partial charge in [0.1, 0.15) is 5.54 Å². The van der Waals surface area contributed by atoms with Crippen molar-refractivity contribution in [3.8, 4) is 0 Å². The SMILES string of the molecule is Cl.O=C(NCC(O)c1c(Cl)cccc1Cl)C1(n2cccn2)CCNCC1. The molecule has 1 fully saturated rings. The normalized spacial score (nSPS) is 17.2. The summed E-state index contributed by atoms with van der Waals surface area (Å²) in [7, 11) is 0. The second kappa shape index (κ2) is 9.06. The maximum absolute atomic E-state index is 12.9. The van der Waals surface area contributed by atoms with Gasteiger partial charge in [-0.1, -0.05) is 29.3 Å². The van der Waals surface area contributed by atoms with E-state index in [-0.39, 0.29) is 24.9 Å². The molecule has 0 saturated carbocycles. The van der Waals surface area contributed by atoms with Crippen LogP contribution in [-0.4, -0.2) is 40.4 Å². The van der Waals surface area contributed by atoms with Gasteiger partial charge in [-0.15, -0.1) is 12.4 Å². The van der Waals surface area contributed by atoms with Gasteiger partial charge in [-0.25, -0.2) is 0 Å². The van der Waals surface area contributed by atoms with Crippen LogP contribution in [0.3, 0.4) is 0 Å². The van der Waals surface area contributed by atoms with Gasteiger partial charge in [-0.2, -0.15) is 5.10 Å². The minimum atomic E-state index is -0.985. The summed E-state index contributed by atoms with van der Waals surface area (Å²) < 4.78 is 1.71. The van der Waals surface area contributed by atoms with Crippen LogP contribution in [0, 0.1) is 0 Å². The summed E-state index contributed by atoms with van der Waals surface area (Å²) in [6.45, 7) is 1.48. The lowest BCUT2D eigenvalue weighted by molar-refractivity contribution is -0.132. The lowest BCUT2D eigenvalue weighted by atomic mass is 9.87. The van der Waals surface area contributed by atoms with E-state index < -0.39 is 11.6 Å². The van der Waals surface area contributed by atoms with E-state index in [9.17, 15) is 9.90 Å². The van der Waals surface area contributed by atoms with Crippen molar-refractivity contribution in [3.05, 3.63) is 52.3 Å². The zero-order chi connectivity index (χ0) is 17.9. The van der Waals surface area contributed by atoms with Crippen molar-refractivity contribution >= 4 is 41.5 Å². The molecule has 0 bridgehead atoms. The van der Waals surface area contributed by atoms with Crippen molar-refractivity contribution in [3.63, 3.8) is 0 Å². The average molecular weight is 420 g/mol. The fraction of sp³-hybridized carbons (Fsp3) is 0.412. The first-order valence-corrected chi connectivity index (χ1v) is 8.91. The number of aliphatic hydroxyl groups excluding tert-OH is 1. The fourth-order valence-electron chi connectivity index (χ4n) is 3.21. The minimum Gasteiger partial charge on any atom is -0.386 e. The summed E-state index contributed by atoms with van der Waals surface area (Å²) in [5.74, 6) is -0.167. The van der Waals surface area contributed by atoms with Crippen LogP contribution in [0.4, 0.5) is 0 Å². The molecule has 9 heteroatoms. The van der Waals surface area contributed by atoms with E-state index in [1.54, 1.807) is 41.3 Å². The van der Waals surface area contributed by atoms with Crippen LogP contribution in [0.1, 0.15) is 24.5 Å². The van der Waals surface area contributed by atoms with E-state index in [1.165, 1.54) is 0 Å². The third-order valence-electron chi connectivity index (χ3n) is 4.59. The number of rotatable bonds is 5. The molecule has 6 nitrogen and oxygen atoms in total. The van der Waals surface area contributed by atoms with Crippen LogP contribution >= 0.6 is 35.6 Å². The van der Waals surface area contributed by atoms with Gasteiger partial charge < -0.3 is 15.7 Å². The number of carbonyl (C=O) groups is 1. The zero-order valence-electron chi connectivity index (χ0n) is 14.0. The Hall–Kier alpha value is -1.31. The van der Waals surface area contributed by atoms with E-state index in [1.807, 2.05) is 0 Å². The lowest BCUT2D eigenvalue weighted by Gasteiger charge is -2.36. The van der Waals surface area contributed by atoms with E-state index in [0.717, 1.165) is 13.1 Å². The Balaban J connectivity index is 0.00000243. The van der Waals surface area contributed by atoms with Gasteiger partial charge >= 0.3 is 0 Å². The summed E-state index contributed by atoms with van der Waals surface area (Å²) in [5, 5.41) is 21.5. The molecule has 1 aromatic carbocycles. The summed E-state index contributed by atoms with van der Waals surface area (Å²) in [4.78, 5) is 12.9. The molecule has 0 radical (unpaired) electrons. The van der Waals surface area contributed by atoms with Crippen LogP contribution < -0.4 is 10.6 Å². The Kier molecular flexibility index (Phi) is 7.32. The zero-order valence-corrected chi connectivity index (χ0v) is 16.3. The van der Waals surface area contributed by atoms with Crippen molar-refractivity contribution in [2.24, 2.45) is 0 Å². The molecule has 1 aliphatic heterocycles. The average Bonchev–Trinajstić information content (AvgIpc) is 3.15. The molecule has 2 aromatic rings. The van der Waals surface area contributed by atoms with Crippen LogP contribution in [0.2, 0.25) is 10.0 Å². The molecule has 1 amide bonds. The van der Waals surface area contributed by atoms with Crippen molar-refractivity contribution in [2.75, 3.05) is 19.6 Å². The first kappa shape index (κ1) is 21.0. The number of carbonyl (C=O) groups excluding carboxylic acids is 1. The standard InChI is InChI=1S/C17H20Cl2N4O2.ClH/c18-12-3-1-4-13(19)15(12)14(24)11-21-16(25)17(5-8-20-9-6-17)23-10-2-7-22-23;/h1-4,7,10,14,20,24H,5-6,8-9,11H2,(H,21,25);1H. The van der Waals surface area contributed by atoms with Crippen LogP contribution in [-0.2, 0) is 10.3 Å². The van der Waals surface area contributed by atoms with E-state index >= 15 is 0 Å². The molecule has 1 unspecified atom stereocenters. The Morgan fingerprint density at radius 2 is 1.96 bits per heavy atom. The molecule has 1 aliphatic rings. The molecule has 3 N–H and O–H groups in total. The third-order valence-corrected chi connectivity index (χ3v) is 5.24. The van der Waals surface area contributed by atoms with Crippen LogP contribution in [0.15, 0.2) is 36.7 Å². The molecule has 142 valence electrons. The lowest BCUT2D eigenvalue weighted by Crippen LogP contribution is -2.55. The smallest absolute Gasteiger partial charge is 0.248 e. The van der Waals surface area contributed by atoms with Gasteiger partial charge in [0.25, 0.3) is 0 Å². The van der Waals surface area contributed by atoms with Crippen LogP contribution in [0.5, 0.6) is 0 Å². The number of aromatic nitrogens is 2. The Labute approximate surface area is 168 Å². The maximum atomic E-state index is 12.9. The molecule has 1 atom stereocenters. The molecule has 2 heterocycles. The first-order valence-electron chi connectivity index (χ1n) is 8.16. The highest BCUT2D eigenvalue weighted by Gasteiger charge is 2.42.